The number of hydrogen-bond donors (Lipinski definition) is 0. The van der Waals surface area contributed by atoms with Crippen LogP contribution in [-0.4, -0.2) is 0 Å². The Morgan fingerprint density at radius 3 is 2.19 bits per heavy atom. The van der Waals surface area contributed by atoms with Gasteiger partial charge in [-0.25, -0.2) is 0 Å². The van der Waals surface area contributed by atoms with E-state index < -0.39 is 0 Å². The molecule has 0 saturated carbocycles. The fourth-order valence-electron chi connectivity index (χ4n) is 8.86. The molecule has 2 heterocycles. The van der Waals surface area contributed by atoms with Gasteiger partial charge in [-0.3, -0.25) is 0 Å². The average molecular weight is 682 g/mol. The monoisotopic (exact) mass is 681 g/mol. The van der Waals surface area contributed by atoms with Gasteiger partial charge in [0, 0.05) is 39.0 Å². The van der Waals surface area contributed by atoms with Gasteiger partial charge in [-0.05, 0) is 106 Å². The first-order chi connectivity index (χ1) is 26.3. The number of allylic oxidation sites excluding steroid dienone is 2. The van der Waals surface area contributed by atoms with Crippen LogP contribution in [0.25, 0.3) is 67.0 Å². The van der Waals surface area contributed by atoms with Crippen LogP contribution in [0.2, 0.25) is 0 Å². The van der Waals surface area contributed by atoms with Gasteiger partial charge in [-0.15, -0.1) is 0 Å². The second-order valence-electron chi connectivity index (χ2n) is 14.3. The van der Waals surface area contributed by atoms with E-state index >= 15 is 0 Å². The summed E-state index contributed by atoms with van der Waals surface area (Å²) in [4.78, 5) is 2.44. The third-order valence-corrected chi connectivity index (χ3v) is 11.3. The van der Waals surface area contributed by atoms with Gasteiger partial charge in [0.2, 0.25) is 0 Å². The molecule has 7 aromatic carbocycles. The minimum Gasteiger partial charge on any atom is -0.460 e. The fourth-order valence-corrected chi connectivity index (χ4v) is 8.86. The van der Waals surface area contributed by atoms with Gasteiger partial charge in [0.25, 0.3) is 0 Å². The van der Waals surface area contributed by atoms with Gasteiger partial charge in [-0.1, -0.05) is 121 Å². The highest BCUT2D eigenvalue weighted by atomic mass is 16.3. The quantitative estimate of drug-likeness (QED) is 0.181. The predicted octanol–water partition coefficient (Wildman–Crippen LogP) is 14.1. The first-order valence-corrected chi connectivity index (χ1v) is 18.6. The second kappa shape index (κ2) is 12.0. The largest absolute Gasteiger partial charge is 0.460 e. The fraction of sp³-hybridized carbons (Fsp3) is 0.0800. The molecule has 0 radical (unpaired) electrons. The Bertz CT molecular complexity index is 2940. The normalized spacial score (nSPS) is 15.0. The van der Waals surface area contributed by atoms with E-state index in [-0.39, 0.29) is 5.92 Å². The number of nitrogens with zero attached hydrogens (tertiary/aromatic N) is 1. The molecular formula is C50H35NO2. The van der Waals surface area contributed by atoms with Crippen molar-refractivity contribution in [2.45, 2.75) is 25.2 Å². The van der Waals surface area contributed by atoms with Crippen LogP contribution in [0.3, 0.4) is 0 Å². The van der Waals surface area contributed by atoms with E-state index in [0.29, 0.717) is 0 Å². The second-order valence-corrected chi connectivity index (χ2v) is 14.3. The zero-order valence-electron chi connectivity index (χ0n) is 29.1. The highest BCUT2D eigenvalue weighted by Crippen LogP contribution is 2.49. The summed E-state index contributed by atoms with van der Waals surface area (Å²) in [6.45, 7) is 0. The Labute approximate surface area is 307 Å². The van der Waals surface area contributed by atoms with E-state index in [9.17, 15) is 0 Å². The summed E-state index contributed by atoms with van der Waals surface area (Å²) in [5, 5.41) is 5.83. The van der Waals surface area contributed by atoms with E-state index in [1.165, 1.54) is 44.2 Å². The third kappa shape index (κ3) is 4.81. The van der Waals surface area contributed by atoms with Crippen molar-refractivity contribution in [2.75, 3.05) is 4.90 Å². The zero-order valence-corrected chi connectivity index (χ0v) is 29.1. The number of benzene rings is 7. The standard InChI is InChI=1S/C50H35NO2/c1-3-14-37-32(11-1)13-9-18-38(37)34-23-26-35(27-24-34)51(36-28-30-48-44(31-36)41-17-6-7-21-46(41)52-48)45-29-25-33-12-2-4-15-39(33)49(45)43-20-10-19-42-40-16-5-8-22-47(40)53-50(42)43/h1-2,4-13,15-19,21-31,43H,3,14,20H2. The number of anilines is 3. The molecule has 3 heteroatoms. The van der Waals surface area contributed by atoms with Crippen molar-refractivity contribution >= 4 is 72.9 Å². The van der Waals surface area contributed by atoms with Crippen molar-refractivity contribution in [2.24, 2.45) is 0 Å². The van der Waals surface area contributed by atoms with E-state index in [2.05, 4.69) is 163 Å². The molecule has 3 nitrogen and oxygen atoms in total. The zero-order chi connectivity index (χ0) is 34.9. The minimum atomic E-state index is 0.0210. The Hall–Kier alpha value is -6.58. The molecule has 11 rings (SSSR count). The van der Waals surface area contributed by atoms with Crippen molar-refractivity contribution in [3.8, 4) is 11.1 Å². The van der Waals surface area contributed by atoms with Crippen LogP contribution in [0.1, 0.15) is 46.8 Å². The van der Waals surface area contributed by atoms with Gasteiger partial charge < -0.3 is 13.7 Å². The highest BCUT2D eigenvalue weighted by Gasteiger charge is 2.31. The summed E-state index contributed by atoms with van der Waals surface area (Å²) < 4.78 is 13.1. The maximum Gasteiger partial charge on any atom is 0.135 e. The lowest BCUT2D eigenvalue weighted by atomic mass is 9.83. The SMILES string of the molecule is C1=Cc2cccc(-c3ccc(N(c4ccc5oc6ccccc6c5c4)c4ccc5ccccc5c4C4CC=Cc5c4oc4ccccc54)cc3)c2CC1. The first-order valence-electron chi connectivity index (χ1n) is 18.6. The molecule has 0 aliphatic heterocycles. The molecule has 2 aliphatic carbocycles. The number of fused-ring (bicyclic) bond motifs is 8. The molecule has 0 bridgehead atoms. The predicted molar refractivity (Wildman–Crippen MR) is 220 cm³/mol. The summed E-state index contributed by atoms with van der Waals surface area (Å²) in [6, 6.07) is 52.6. The van der Waals surface area contributed by atoms with E-state index in [0.717, 1.165) is 75.0 Å². The van der Waals surface area contributed by atoms with Crippen LogP contribution in [0, 0.1) is 0 Å². The smallest absolute Gasteiger partial charge is 0.135 e. The summed E-state index contributed by atoms with van der Waals surface area (Å²) >= 11 is 0. The van der Waals surface area contributed by atoms with Crippen LogP contribution in [-0.2, 0) is 6.42 Å². The molecule has 252 valence electrons. The average Bonchev–Trinajstić information content (AvgIpc) is 3.79. The van der Waals surface area contributed by atoms with E-state index in [1.54, 1.807) is 0 Å². The van der Waals surface area contributed by atoms with Crippen molar-refractivity contribution in [1.29, 1.82) is 0 Å². The van der Waals surface area contributed by atoms with Crippen LogP contribution in [0.15, 0.2) is 167 Å². The highest BCUT2D eigenvalue weighted by molar-refractivity contribution is 6.07. The minimum absolute atomic E-state index is 0.0210. The number of furan rings is 2. The number of para-hydroxylation sites is 2. The molecular weight excluding hydrogens is 647 g/mol. The van der Waals surface area contributed by atoms with Crippen LogP contribution in [0.4, 0.5) is 17.1 Å². The molecule has 2 aliphatic rings. The lowest BCUT2D eigenvalue weighted by Gasteiger charge is -2.31. The van der Waals surface area contributed by atoms with E-state index in [1.807, 2.05) is 12.1 Å². The summed E-state index contributed by atoms with van der Waals surface area (Å²) in [5.41, 5.74) is 13.8. The maximum absolute atomic E-state index is 6.77. The van der Waals surface area contributed by atoms with Crippen molar-refractivity contribution in [3.05, 3.63) is 186 Å². The number of rotatable bonds is 5. The van der Waals surface area contributed by atoms with Crippen LogP contribution >= 0.6 is 0 Å². The molecule has 53 heavy (non-hydrogen) atoms. The van der Waals surface area contributed by atoms with Gasteiger partial charge >= 0.3 is 0 Å². The van der Waals surface area contributed by atoms with Gasteiger partial charge in [0.1, 0.15) is 22.5 Å². The molecule has 0 saturated heterocycles. The topological polar surface area (TPSA) is 29.5 Å². The van der Waals surface area contributed by atoms with Gasteiger partial charge in [0.15, 0.2) is 0 Å². The Morgan fingerprint density at radius 1 is 0.547 bits per heavy atom. The Balaban J connectivity index is 1.15. The van der Waals surface area contributed by atoms with Crippen LogP contribution < -0.4 is 4.90 Å². The summed E-state index contributed by atoms with van der Waals surface area (Å²) in [5.74, 6) is 1.05. The van der Waals surface area contributed by atoms with Gasteiger partial charge in [-0.2, -0.15) is 0 Å². The Morgan fingerprint density at radius 2 is 1.30 bits per heavy atom. The first kappa shape index (κ1) is 30.1. The molecule has 0 N–H and O–H groups in total. The van der Waals surface area contributed by atoms with E-state index in [4.69, 9.17) is 8.83 Å². The molecule has 1 unspecified atom stereocenters. The van der Waals surface area contributed by atoms with Crippen molar-refractivity contribution < 1.29 is 8.83 Å². The van der Waals surface area contributed by atoms with Crippen LogP contribution in [0.5, 0.6) is 0 Å². The molecule has 0 fully saturated rings. The molecule has 0 spiro atoms. The molecule has 0 amide bonds. The molecule has 9 aromatic rings. The van der Waals surface area contributed by atoms with Gasteiger partial charge in [0.05, 0.1) is 5.69 Å². The lowest BCUT2D eigenvalue weighted by molar-refractivity contribution is 0.518. The summed E-state index contributed by atoms with van der Waals surface area (Å²) in [7, 11) is 0. The van der Waals surface area contributed by atoms with Crippen molar-refractivity contribution in [1.82, 2.24) is 0 Å². The maximum atomic E-state index is 6.77. The lowest BCUT2D eigenvalue weighted by Crippen LogP contribution is -2.15. The van der Waals surface area contributed by atoms with Crippen molar-refractivity contribution in [3.63, 3.8) is 0 Å². The Kier molecular flexibility index (Phi) is 6.81. The third-order valence-electron chi connectivity index (χ3n) is 11.3. The number of hydrogen-bond acceptors (Lipinski definition) is 3. The molecule has 2 aromatic heterocycles. The summed E-state index contributed by atoms with van der Waals surface area (Å²) in [6.07, 6.45) is 12.1. The molecule has 1 atom stereocenters.